The Bertz CT molecular complexity index is 250. The van der Waals surface area contributed by atoms with Crippen molar-refractivity contribution in [1.82, 2.24) is 9.88 Å². The summed E-state index contributed by atoms with van der Waals surface area (Å²) in [5.41, 5.74) is 1.01. The number of aromatic nitrogens is 1. The average Bonchev–Trinajstić information content (AvgIpc) is 2.09. The largest absolute Gasteiger partial charge is 0.395 e. The molecule has 0 aliphatic carbocycles. The molecule has 0 atom stereocenters. The molecule has 1 aromatic heterocycles. The molecule has 1 aromatic rings. The van der Waals surface area contributed by atoms with Gasteiger partial charge in [-0.05, 0) is 35.1 Å². The fourth-order valence-electron chi connectivity index (χ4n) is 1.03. The highest BCUT2D eigenvalue weighted by molar-refractivity contribution is 9.10. The van der Waals surface area contributed by atoms with Gasteiger partial charge in [-0.2, -0.15) is 0 Å². The van der Waals surface area contributed by atoms with Crippen molar-refractivity contribution in [2.45, 2.75) is 6.54 Å². The number of halogens is 1. The minimum atomic E-state index is 0.188. The van der Waals surface area contributed by atoms with Crippen molar-refractivity contribution >= 4 is 15.9 Å². The van der Waals surface area contributed by atoms with Gasteiger partial charge in [-0.25, -0.2) is 0 Å². The molecule has 0 saturated heterocycles. The summed E-state index contributed by atoms with van der Waals surface area (Å²) in [6, 6.07) is 3.94. The first-order valence-electron chi connectivity index (χ1n) is 4.12. The predicted molar refractivity (Wildman–Crippen MR) is 55.4 cm³/mol. The standard InChI is InChI=1S/C9H13BrN2O/c1-12(4-5-13)7-9-3-2-8(10)6-11-9/h2-3,6,13H,4-5,7H2,1H3. The van der Waals surface area contributed by atoms with E-state index in [0.29, 0.717) is 6.54 Å². The first-order chi connectivity index (χ1) is 6.22. The Morgan fingerprint density at radius 3 is 2.85 bits per heavy atom. The normalized spacial score (nSPS) is 10.8. The van der Waals surface area contributed by atoms with Gasteiger partial charge in [0.25, 0.3) is 0 Å². The molecule has 3 nitrogen and oxygen atoms in total. The van der Waals surface area contributed by atoms with Gasteiger partial charge in [-0.3, -0.25) is 9.88 Å². The van der Waals surface area contributed by atoms with Crippen LogP contribution < -0.4 is 0 Å². The highest BCUT2D eigenvalue weighted by Gasteiger charge is 1.99. The van der Waals surface area contributed by atoms with Gasteiger partial charge < -0.3 is 5.11 Å². The van der Waals surface area contributed by atoms with Crippen LogP contribution in [0, 0.1) is 0 Å². The summed E-state index contributed by atoms with van der Waals surface area (Å²) < 4.78 is 0.987. The topological polar surface area (TPSA) is 36.4 Å². The molecule has 0 unspecified atom stereocenters. The van der Waals surface area contributed by atoms with E-state index in [9.17, 15) is 0 Å². The van der Waals surface area contributed by atoms with E-state index in [0.717, 1.165) is 16.7 Å². The Labute approximate surface area is 86.5 Å². The first-order valence-corrected chi connectivity index (χ1v) is 4.91. The molecule has 0 saturated carbocycles. The lowest BCUT2D eigenvalue weighted by Gasteiger charge is -2.13. The van der Waals surface area contributed by atoms with Gasteiger partial charge >= 0.3 is 0 Å². The number of aliphatic hydroxyl groups is 1. The van der Waals surface area contributed by atoms with E-state index in [1.54, 1.807) is 6.20 Å². The molecule has 0 aliphatic rings. The van der Waals surface area contributed by atoms with Crippen molar-refractivity contribution in [3.8, 4) is 0 Å². The minimum Gasteiger partial charge on any atom is -0.395 e. The van der Waals surface area contributed by atoms with Gasteiger partial charge in [-0.15, -0.1) is 0 Å². The van der Waals surface area contributed by atoms with Crippen molar-refractivity contribution in [2.75, 3.05) is 20.2 Å². The number of hydrogen-bond acceptors (Lipinski definition) is 3. The van der Waals surface area contributed by atoms with E-state index in [-0.39, 0.29) is 6.61 Å². The van der Waals surface area contributed by atoms with Gasteiger partial charge in [-0.1, -0.05) is 0 Å². The maximum absolute atomic E-state index is 8.69. The van der Waals surface area contributed by atoms with Crippen LogP contribution in [0.5, 0.6) is 0 Å². The van der Waals surface area contributed by atoms with E-state index in [2.05, 4.69) is 20.9 Å². The fourth-order valence-corrected chi connectivity index (χ4v) is 1.26. The molecule has 72 valence electrons. The van der Waals surface area contributed by atoms with E-state index in [4.69, 9.17) is 5.11 Å². The van der Waals surface area contributed by atoms with Crippen LogP contribution >= 0.6 is 15.9 Å². The molecule has 1 heterocycles. The molecule has 13 heavy (non-hydrogen) atoms. The van der Waals surface area contributed by atoms with Crippen LogP contribution in [0.15, 0.2) is 22.8 Å². The molecule has 1 N–H and O–H groups in total. The van der Waals surface area contributed by atoms with E-state index >= 15 is 0 Å². The molecular formula is C9H13BrN2O. The summed E-state index contributed by atoms with van der Waals surface area (Å²) in [6.07, 6.45) is 1.78. The summed E-state index contributed by atoms with van der Waals surface area (Å²) in [5.74, 6) is 0. The Kier molecular flexibility index (Phi) is 4.35. The predicted octanol–water partition coefficient (Wildman–Crippen LogP) is 1.27. The Morgan fingerprint density at radius 2 is 2.31 bits per heavy atom. The second-order valence-corrected chi connectivity index (χ2v) is 3.84. The van der Waals surface area contributed by atoms with Crippen LogP contribution in [0.3, 0.4) is 0 Å². The lowest BCUT2D eigenvalue weighted by Crippen LogP contribution is -2.21. The number of pyridine rings is 1. The van der Waals surface area contributed by atoms with Gasteiger partial charge in [0.15, 0.2) is 0 Å². The van der Waals surface area contributed by atoms with Crippen LogP contribution in [-0.4, -0.2) is 35.2 Å². The van der Waals surface area contributed by atoms with E-state index in [1.165, 1.54) is 0 Å². The van der Waals surface area contributed by atoms with Crippen molar-refractivity contribution in [2.24, 2.45) is 0 Å². The van der Waals surface area contributed by atoms with Gasteiger partial charge in [0.1, 0.15) is 0 Å². The smallest absolute Gasteiger partial charge is 0.0558 e. The van der Waals surface area contributed by atoms with Crippen LogP contribution in [0.2, 0.25) is 0 Å². The SMILES string of the molecule is CN(CCO)Cc1ccc(Br)cn1. The lowest BCUT2D eigenvalue weighted by atomic mass is 10.3. The molecule has 0 amide bonds. The van der Waals surface area contributed by atoms with Crippen molar-refractivity contribution in [1.29, 1.82) is 0 Å². The van der Waals surface area contributed by atoms with Crippen molar-refractivity contribution < 1.29 is 5.11 Å². The second-order valence-electron chi connectivity index (χ2n) is 2.93. The van der Waals surface area contributed by atoms with Crippen LogP contribution in [0.4, 0.5) is 0 Å². The summed E-state index contributed by atoms with van der Waals surface area (Å²) >= 11 is 3.33. The zero-order valence-electron chi connectivity index (χ0n) is 7.57. The van der Waals surface area contributed by atoms with Crippen LogP contribution in [0.1, 0.15) is 5.69 Å². The van der Waals surface area contributed by atoms with Gasteiger partial charge in [0.2, 0.25) is 0 Å². The molecule has 0 bridgehead atoms. The molecular weight excluding hydrogens is 232 g/mol. The van der Waals surface area contributed by atoms with Crippen LogP contribution in [-0.2, 0) is 6.54 Å². The number of nitrogens with zero attached hydrogens (tertiary/aromatic N) is 2. The van der Waals surface area contributed by atoms with Gasteiger partial charge in [0, 0.05) is 23.8 Å². The zero-order valence-corrected chi connectivity index (χ0v) is 9.16. The molecule has 4 heteroatoms. The Morgan fingerprint density at radius 1 is 1.54 bits per heavy atom. The number of likely N-dealkylation sites (N-methyl/N-ethyl adjacent to an activating group) is 1. The minimum absolute atomic E-state index is 0.188. The summed E-state index contributed by atoms with van der Waals surface area (Å²) in [4.78, 5) is 6.25. The monoisotopic (exact) mass is 244 g/mol. The third-order valence-corrected chi connectivity index (χ3v) is 2.17. The quantitative estimate of drug-likeness (QED) is 0.867. The number of aliphatic hydroxyl groups excluding tert-OH is 1. The molecule has 0 spiro atoms. The highest BCUT2D eigenvalue weighted by atomic mass is 79.9. The van der Waals surface area contributed by atoms with E-state index in [1.807, 2.05) is 24.1 Å². The third-order valence-electron chi connectivity index (χ3n) is 1.70. The highest BCUT2D eigenvalue weighted by Crippen LogP contribution is 2.08. The van der Waals surface area contributed by atoms with Crippen LogP contribution in [0.25, 0.3) is 0 Å². The lowest BCUT2D eigenvalue weighted by molar-refractivity contribution is 0.216. The number of rotatable bonds is 4. The van der Waals surface area contributed by atoms with E-state index < -0.39 is 0 Å². The maximum Gasteiger partial charge on any atom is 0.0558 e. The average molecular weight is 245 g/mol. The summed E-state index contributed by atoms with van der Waals surface area (Å²) in [7, 11) is 1.96. The Hall–Kier alpha value is -0.450. The third kappa shape index (κ3) is 3.85. The summed E-state index contributed by atoms with van der Waals surface area (Å²) in [6.45, 7) is 1.64. The van der Waals surface area contributed by atoms with Gasteiger partial charge in [0.05, 0.1) is 12.3 Å². The molecule has 0 fully saturated rings. The zero-order chi connectivity index (χ0) is 9.68. The van der Waals surface area contributed by atoms with Crippen molar-refractivity contribution in [3.05, 3.63) is 28.5 Å². The fraction of sp³-hybridized carbons (Fsp3) is 0.444. The Balaban J connectivity index is 2.49. The molecule has 0 aliphatic heterocycles. The summed E-state index contributed by atoms with van der Waals surface area (Å²) in [5, 5.41) is 8.69. The molecule has 0 aromatic carbocycles. The molecule has 0 radical (unpaired) electrons. The first kappa shape index (κ1) is 10.6. The number of hydrogen-bond donors (Lipinski definition) is 1. The van der Waals surface area contributed by atoms with Crippen molar-refractivity contribution in [3.63, 3.8) is 0 Å². The second kappa shape index (κ2) is 5.32. The maximum atomic E-state index is 8.69. The molecule has 1 rings (SSSR count).